The molecule has 5 heteroatoms. The molecule has 1 saturated carbocycles. The van der Waals surface area contributed by atoms with Crippen LogP contribution in [-0.2, 0) is 4.74 Å². The molecular weight excluding hydrogens is 172 g/mol. The lowest BCUT2D eigenvalue weighted by Gasteiger charge is -2.17. The van der Waals surface area contributed by atoms with Crippen molar-refractivity contribution in [2.75, 3.05) is 0 Å². The van der Waals surface area contributed by atoms with Crippen LogP contribution in [0, 0.1) is 4.91 Å². The van der Waals surface area contributed by atoms with E-state index in [0.29, 0.717) is 0 Å². The minimum Gasteiger partial charge on any atom is -0.443 e. The van der Waals surface area contributed by atoms with Gasteiger partial charge in [0.15, 0.2) is 0 Å². The van der Waals surface area contributed by atoms with Gasteiger partial charge in [0.25, 0.3) is 0 Å². The van der Waals surface area contributed by atoms with Gasteiger partial charge in [0.1, 0.15) is 5.60 Å². The van der Waals surface area contributed by atoms with Gasteiger partial charge in [-0.2, -0.15) is 5.43 Å². The van der Waals surface area contributed by atoms with Crippen LogP contribution in [0.5, 0.6) is 0 Å². The van der Waals surface area contributed by atoms with Crippen molar-refractivity contribution >= 4 is 6.09 Å². The van der Waals surface area contributed by atoms with E-state index in [1.165, 1.54) is 19.3 Å². The van der Waals surface area contributed by atoms with Gasteiger partial charge in [0.05, 0.1) is 5.29 Å². The summed E-state index contributed by atoms with van der Waals surface area (Å²) >= 11 is 0. The van der Waals surface area contributed by atoms with Crippen molar-refractivity contribution in [2.45, 2.75) is 45.6 Å². The molecule has 0 aromatic heterocycles. The fourth-order valence-electron chi connectivity index (χ4n) is 0.338. The zero-order chi connectivity index (χ0) is 10.3. The summed E-state index contributed by atoms with van der Waals surface area (Å²) in [7, 11) is 0. The standard InChI is InChI=1S/C5H10N2O3.C3H6/c1-5(2,3)10-4(8)6-7-9;1-2-3-1/h1-3H3,(H,6,8,9);1-3H2. The van der Waals surface area contributed by atoms with Crippen molar-refractivity contribution in [1.29, 1.82) is 0 Å². The second-order valence-electron chi connectivity index (χ2n) is 3.77. The molecular formula is C8H16N2O3. The average Bonchev–Trinajstić information content (AvgIpc) is 2.65. The first-order valence-electron chi connectivity index (χ1n) is 4.27. The van der Waals surface area contributed by atoms with Gasteiger partial charge in [-0.1, -0.05) is 19.3 Å². The third-order valence-corrected chi connectivity index (χ3v) is 0.889. The highest BCUT2D eigenvalue weighted by Crippen LogP contribution is 2.14. The average molecular weight is 188 g/mol. The van der Waals surface area contributed by atoms with Crippen LogP contribution in [0.15, 0.2) is 5.29 Å². The second-order valence-corrected chi connectivity index (χ2v) is 3.77. The molecule has 0 radical (unpaired) electrons. The Morgan fingerprint density at radius 2 is 1.77 bits per heavy atom. The van der Waals surface area contributed by atoms with Crippen molar-refractivity contribution in [2.24, 2.45) is 5.29 Å². The van der Waals surface area contributed by atoms with Crippen LogP contribution in [0.25, 0.3) is 0 Å². The van der Waals surface area contributed by atoms with Gasteiger partial charge in [-0.25, -0.2) is 4.79 Å². The van der Waals surface area contributed by atoms with Crippen LogP contribution in [-0.4, -0.2) is 11.7 Å². The van der Waals surface area contributed by atoms with Crippen molar-refractivity contribution < 1.29 is 9.53 Å². The van der Waals surface area contributed by atoms with Crippen LogP contribution in [0.4, 0.5) is 4.79 Å². The van der Waals surface area contributed by atoms with Gasteiger partial charge < -0.3 is 4.74 Å². The summed E-state index contributed by atoms with van der Waals surface area (Å²) in [5.41, 5.74) is 1.02. The highest BCUT2D eigenvalue weighted by Gasteiger charge is 2.15. The molecule has 76 valence electrons. The lowest BCUT2D eigenvalue weighted by atomic mass is 10.2. The molecule has 0 heterocycles. The number of carbonyl (C=O) groups is 1. The maximum Gasteiger partial charge on any atom is 0.430 e. The number of hydrogen-bond acceptors (Lipinski definition) is 4. The highest BCUT2D eigenvalue weighted by molar-refractivity contribution is 5.67. The van der Waals surface area contributed by atoms with Gasteiger partial charge in [0, 0.05) is 0 Å². The van der Waals surface area contributed by atoms with Gasteiger partial charge in [-0.05, 0) is 20.8 Å². The number of nitroso groups, excluding NO2 is 1. The first kappa shape index (κ1) is 11.9. The number of nitrogens with one attached hydrogen (secondary N) is 1. The third-order valence-electron chi connectivity index (χ3n) is 0.889. The van der Waals surface area contributed by atoms with Crippen LogP contribution in [0.1, 0.15) is 40.0 Å². The summed E-state index contributed by atoms with van der Waals surface area (Å²) in [5, 5.41) is 2.15. The van der Waals surface area contributed by atoms with Crippen molar-refractivity contribution in [3.05, 3.63) is 4.91 Å². The molecule has 1 amide bonds. The van der Waals surface area contributed by atoms with E-state index in [0.717, 1.165) is 0 Å². The molecule has 1 rings (SSSR count). The maximum atomic E-state index is 10.4. The summed E-state index contributed by atoms with van der Waals surface area (Å²) in [4.78, 5) is 19.9. The fraction of sp³-hybridized carbons (Fsp3) is 0.875. The van der Waals surface area contributed by atoms with E-state index in [4.69, 9.17) is 0 Å². The molecule has 1 fully saturated rings. The van der Waals surface area contributed by atoms with E-state index in [-0.39, 0.29) is 0 Å². The van der Waals surface area contributed by atoms with Crippen LogP contribution < -0.4 is 5.43 Å². The molecule has 0 saturated heterocycles. The number of rotatable bonds is 1. The van der Waals surface area contributed by atoms with E-state index in [1.807, 2.05) is 0 Å². The topological polar surface area (TPSA) is 67.8 Å². The Labute approximate surface area is 77.8 Å². The zero-order valence-electron chi connectivity index (χ0n) is 8.29. The Kier molecular flexibility index (Phi) is 5.03. The number of amides is 1. The van der Waals surface area contributed by atoms with Crippen LogP contribution in [0.2, 0.25) is 0 Å². The molecule has 0 aromatic carbocycles. The monoisotopic (exact) mass is 188 g/mol. The fourth-order valence-corrected chi connectivity index (χ4v) is 0.338. The number of ether oxygens (including phenoxy) is 1. The quantitative estimate of drug-likeness (QED) is 0.507. The molecule has 0 atom stereocenters. The highest BCUT2D eigenvalue weighted by atomic mass is 16.6. The Morgan fingerprint density at radius 3 is 2.00 bits per heavy atom. The van der Waals surface area contributed by atoms with E-state index in [9.17, 15) is 9.70 Å². The van der Waals surface area contributed by atoms with Crippen LogP contribution >= 0.6 is 0 Å². The number of nitrogens with zero attached hydrogens (tertiary/aromatic N) is 1. The molecule has 0 unspecified atom stereocenters. The molecule has 0 spiro atoms. The SMILES string of the molecule is C1CC1.CC(C)(C)OC(=O)NN=O. The van der Waals surface area contributed by atoms with E-state index in [2.05, 4.69) is 10.0 Å². The second kappa shape index (κ2) is 5.50. The normalized spacial score (nSPS) is 13.5. The summed E-state index contributed by atoms with van der Waals surface area (Å²) in [6, 6.07) is 0. The molecule has 0 aliphatic heterocycles. The summed E-state index contributed by atoms with van der Waals surface area (Å²) < 4.78 is 4.63. The predicted molar refractivity (Wildman–Crippen MR) is 49.0 cm³/mol. The molecule has 1 N–H and O–H groups in total. The lowest BCUT2D eigenvalue weighted by Crippen LogP contribution is -2.29. The molecule has 0 aromatic rings. The Balaban J connectivity index is 0.000000396. The van der Waals surface area contributed by atoms with E-state index >= 15 is 0 Å². The van der Waals surface area contributed by atoms with Gasteiger partial charge in [-0.15, -0.1) is 4.91 Å². The van der Waals surface area contributed by atoms with Crippen molar-refractivity contribution in [3.63, 3.8) is 0 Å². The predicted octanol–water partition coefficient (Wildman–Crippen LogP) is 2.36. The summed E-state index contributed by atoms with van der Waals surface area (Å²) in [6.45, 7) is 5.08. The number of hydrogen-bond donors (Lipinski definition) is 1. The smallest absolute Gasteiger partial charge is 0.430 e. The molecule has 0 bridgehead atoms. The Bertz CT molecular complexity index is 170. The zero-order valence-corrected chi connectivity index (χ0v) is 8.29. The Morgan fingerprint density at radius 1 is 1.31 bits per heavy atom. The van der Waals surface area contributed by atoms with E-state index in [1.54, 1.807) is 26.2 Å². The van der Waals surface area contributed by atoms with E-state index < -0.39 is 11.7 Å². The molecule has 1 aliphatic rings. The first-order chi connectivity index (χ1) is 5.95. The Hall–Kier alpha value is -1.13. The molecule has 5 nitrogen and oxygen atoms in total. The lowest BCUT2D eigenvalue weighted by molar-refractivity contribution is 0.0528. The van der Waals surface area contributed by atoms with Gasteiger partial charge in [-0.3, -0.25) is 0 Å². The van der Waals surface area contributed by atoms with Crippen molar-refractivity contribution in [3.8, 4) is 0 Å². The maximum absolute atomic E-state index is 10.4. The van der Waals surface area contributed by atoms with Gasteiger partial charge >= 0.3 is 6.09 Å². The minimum absolute atomic E-state index is 0.589. The molecule has 1 aliphatic carbocycles. The number of carbonyl (C=O) groups excluding carboxylic acids is 1. The largest absolute Gasteiger partial charge is 0.443 e. The van der Waals surface area contributed by atoms with Gasteiger partial charge in [0.2, 0.25) is 0 Å². The third kappa shape index (κ3) is 13.8. The first-order valence-corrected chi connectivity index (χ1v) is 4.27. The summed E-state index contributed by atoms with van der Waals surface area (Å²) in [5.74, 6) is 0. The van der Waals surface area contributed by atoms with Crippen molar-refractivity contribution in [1.82, 2.24) is 5.43 Å². The minimum atomic E-state index is -0.831. The molecule has 13 heavy (non-hydrogen) atoms. The van der Waals surface area contributed by atoms with Crippen LogP contribution in [0.3, 0.4) is 0 Å². The summed E-state index contributed by atoms with van der Waals surface area (Å²) in [6.07, 6.45) is 3.67.